The zero-order valence-electron chi connectivity index (χ0n) is 20.5. The molecule has 33 heavy (non-hydrogen) atoms. The van der Waals surface area contributed by atoms with Crippen molar-refractivity contribution >= 4 is 12.1 Å². The fourth-order valence-corrected chi connectivity index (χ4v) is 3.40. The van der Waals surface area contributed by atoms with Gasteiger partial charge in [-0.2, -0.15) is 0 Å². The lowest BCUT2D eigenvalue weighted by molar-refractivity contribution is 0.0975. The standard InChI is InChI=1S/C30H43NO2/c1-2-3-4-5-6-7-8-9-10-11-12-13-14-15-16-17-18-19-20-21-22-23-24-30(33)29-26-25-28(27-32)31-29/h3-4,6-7,9-10,12-13,15-16,25-27,31H,2,5,8,11,14,17-24H2,1H3/b4-3-,7-6-,10-9-,13-12-,16-15-. The summed E-state index contributed by atoms with van der Waals surface area (Å²) in [5.41, 5.74) is 1.01. The molecule has 0 unspecified atom stereocenters. The highest BCUT2D eigenvalue weighted by Crippen LogP contribution is 2.12. The molecule has 0 fully saturated rings. The molecule has 0 aliphatic rings. The van der Waals surface area contributed by atoms with Gasteiger partial charge in [0.05, 0.1) is 11.4 Å². The van der Waals surface area contributed by atoms with Crippen LogP contribution in [0.5, 0.6) is 0 Å². The Morgan fingerprint density at radius 3 is 1.76 bits per heavy atom. The molecule has 3 nitrogen and oxygen atoms in total. The molecule has 3 heteroatoms. The van der Waals surface area contributed by atoms with Crippen molar-refractivity contribution in [1.82, 2.24) is 4.98 Å². The molecule has 0 bridgehead atoms. The van der Waals surface area contributed by atoms with E-state index in [0.29, 0.717) is 17.8 Å². The monoisotopic (exact) mass is 449 g/mol. The van der Waals surface area contributed by atoms with Crippen LogP contribution in [0.25, 0.3) is 0 Å². The van der Waals surface area contributed by atoms with Gasteiger partial charge in [-0.15, -0.1) is 0 Å². The van der Waals surface area contributed by atoms with E-state index in [1.807, 2.05) is 0 Å². The summed E-state index contributed by atoms with van der Waals surface area (Å²) in [7, 11) is 0. The van der Waals surface area contributed by atoms with Gasteiger partial charge in [0.1, 0.15) is 0 Å². The summed E-state index contributed by atoms with van der Waals surface area (Å²) in [6, 6.07) is 3.35. The second-order valence-corrected chi connectivity index (χ2v) is 8.24. The molecule has 1 heterocycles. The number of Topliss-reactive ketones (excluding diaryl/α,β-unsaturated/α-hetero) is 1. The van der Waals surface area contributed by atoms with Crippen molar-refractivity contribution in [2.75, 3.05) is 0 Å². The SMILES string of the molecule is CC/C=C\C/C=C\C/C=C\C/C=C\C/C=C\CCCCCCCCC(=O)c1ccc(C=O)[nH]1. The quantitative estimate of drug-likeness (QED) is 0.0935. The summed E-state index contributed by atoms with van der Waals surface area (Å²) < 4.78 is 0. The Morgan fingerprint density at radius 1 is 0.697 bits per heavy atom. The van der Waals surface area contributed by atoms with Gasteiger partial charge in [-0.1, -0.05) is 93.4 Å². The third kappa shape index (κ3) is 16.6. The number of ketones is 1. The maximum absolute atomic E-state index is 12.0. The molecule has 0 spiro atoms. The van der Waals surface area contributed by atoms with E-state index in [1.54, 1.807) is 12.1 Å². The molecule has 0 aliphatic carbocycles. The van der Waals surface area contributed by atoms with Gasteiger partial charge in [0.2, 0.25) is 0 Å². The first kappa shape index (κ1) is 28.4. The largest absolute Gasteiger partial charge is 0.350 e. The summed E-state index contributed by atoms with van der Waals surface area (Å²) in [6.45, 7) is 2.16. The minimum absolute atomic E-state index is 0.0986. The van der Waals surface area contributed by atoms with Gasteiger partial charge in [0.25, 0.3) is 0 Å². The summed E-state index contributed by atoms with van der Waals surface area (Å²) in [6.07, 6.45) is 36.9. The molecule has 0 amide bonds. The zero-order chi connectivity index (χ0) is 23.8. The van der Waals surface area contributed by atoms with Crippen LogP contribution in [0.3, 0.4) is 0 Å². The van der Waals surface area contributed by atoms with Crippen molar-refractivity contribution in [3.8, 4) is 0 Å². The van der Waals surface area contributed by atoms with Gasteiger partial charge >= 0.3 is 0 Å². The van der Waals surface area contributed by atoms with Crippen LogP contribution in [0, 0.1) is 0 Å². The van der Waals surface area contributed by atoms with Crippen LogP contribution in [-0.4, -0.2) is 17.1 Å². The van der Waals surface area contributed by atoms with Gasteiger partial charge in [-0.25, -0.2) is 0 Å². The van der Waals surface area contributed by atoms with Crippen molar-refractivity contribution in [2.24, 2.45) is 0 Å². The average molecular weight is 450 g/mol. The first-order valence-corrected chi connectivity index (χ1v) is 12.7. The lowest BCUT2D eigenvalue weighted by Gasteiger charge is -2.01. The molecule has 1 rings (SSSR count). The third-order valence-electron chi connectivity index (χ3n) is 5.32. The number of carbonyl (C=O) groups is 2. The molecule has 1 N–H and O–H groups in total. The van der Waals surface area contributed by atoms with Crippen molar-refractivity contribution in [1.29, 1.82) is 0 Å². The molecular formula is C30H43NO2. The minimum Gasteiger partial charge on any atom is -0.350 e. The van der Waals surface area contributed by atoms with E-state index in [0.717, 1.165) is 57.7 Å². The van der Waals surface area contributed by atoms with E-state index in [4.69, 9.17) is 0 Å². The third-order valence-corrected chi connectivity index (χ3v) is 5.32. The lowest BCUT2D eigenvalue weighted by Crippen LogP contribution is -1.99. The molecule has 180 valence electrons. The Balaban J connectivity index is 1.89. The van der Waals surface area contributed by atoms with Gasteiger partial charge in [0, 0.05) is 6.42 Å². The predicted octanol–water partition coefficient (Wildman–Crippen LogP) is 8.88. The smallest absolute Gasteiger partial charge is 0.179 e. The first-order valence-electron chi connectivity index (χ1n) is 12.7. The van der Waals surface area contributed by atoms with Gasteiger partial charge in [-0.3, -0.25) is 9.59 Å². The summed E-state index contributed by atoms with van der Waals surface area (Å²) >= 11 is 0. The number of rotatable bonds is 20. The van der Waals surface area contributed by atoms with Crippen LogP contribution < -0.4 is 0 Å². The normalized spacial score (nSPS) is 12.4. The number of nitrogens with one attached hydrogen (secondary N) is 1. The fraction of sp³-hybridized carbons (Fsp3) is 0.467. The molecular weight excluding hydrogens is 406 g/mol. The molecule has 0 atom stereocenters. The van der Waals surface area contributed by atoms with Crippen molar-refractivity contribution < 1.29 is 9.59 Å². The predicted molar refractivity (Wildman–Crippen MR) is 142 cm³/mol. The number of unbranched alkanes of at least 4 members (excludes halogenated alkanes) is 6. The molecule has 0 saturated heterocycles. The number of H-pyrrole nitrogens is 1. The number of carbonyl (C=O) groups excluding carboxylic acids is 2. The highest BCUT2D eigenvalue weighted by atomic mass is 16.1. The van der Waals surface area contributed by atoms with E-state index in [2.05, 4.69) is 72.7 Å². The van der Waals surface area contributed by atoms with Crippen molar-refractivity contribution in [3.63, 3.8) is 0 Å². The Morgan fingerprint density at radius 2 is 1.21 bits per heavy atom. The average Bonchev–Trinajstić information content (AvgIpc) is 3.32. The number of aromatic amines is 1. The van der Waals surface area contributed by atoms with Crippen LogP contribution in [0.15, 0.2) is 72.9 Å². The van der Waals surface area contributed by atoms with Crippen LogP contribution >= 0.6 is 0 Å². The molecule has 1 aromatic rings. The van der Waals surface area contributed by atoms with Gasteiger partial charge < -0.3 is 4.98 Å². The second-order valence-electron chi connectivity index (χ2n) is 8.24. The van der Waals surface area contributed by atoms with Gasteiger partial charge in [0.15, 0.2) is 12.1 Å². The van der Waals surface area contributed by atoms with Gasteiger partial charge in [-0.05, 0) is 63.5 Å². The first-order chi connectivity index (χ1) is 16.3. The Kier molecular flexibility index (Phi) is 18.2. The highest BCUT2D eigenvalue weighted by Gasteiger charge is 2.07. The van der Waals surface area contributed by atoms with Crippen LogP contribution in [0.1, 0.15) is 111 Å². The second kappa shape index (κ2) is 21.2. The Labute approximate surface area is 201 Å². The lowest BCUT2D eigenvalue weighted by atomic mass is 10.1. The van der Waals surface area contributed by atoms with Crippen LogP contribution in [-0.2, 0) is 0 Å². The molecule has 0 aromatic carbocycles. The van der Waals surface area contributed by atoms with E-state index < -0.39 is 0 Å². The fourth-order valence-electron chi connectivity index (χ4n) is 3.40. The number of allylic oxidation sites excluding steroid dienone is 10. The number of hydrogen-bond acceptors (Lipinski definition) is 2. The number of aldehydes is 1. The van der Waals surface area contributed by atoms with E-state index in [-0.39, 0.29) is 5.78 Å². The number of aromatic nitrogens is 1. The van der Waals surface area contributed by atoms with Crippen LogP contribution in [0.4, 0.5) is 0 Å². The summed E-state index contributed by atoms with van der Waals surface area (Å²) in [4.78, 5) is 25.5. The van der Waals surface area contributed by atoms with E-state index in [1.165, 1.54) is 25.7 Å². The molecule has 0 aliphatic heterocycles. The topological polar surface area (TPSA) is 49.9 Å². The van der Waals surface area contributed by atoms with E-state index >= 15 is 0 Å². The highest BCUT2D eigenvalue weighted by molar-refractivity contribution is 5.95. The van der Waals surface area contributed by atoms with Crippen molar-refractivity contribution in [3.05, 3.63) is 84.3 Å². The Bertz CT molecular complexity index is 777. The molecule has 0 radical (unpaired) electrons. The maximum Gasteiger partial charge on any atom is 0.179 e. The summed E-state index contributed by atoms with van der Waals surface area (Å²) in [5, 5.41) is 0. The van der Waals surface area contributed by atoms with Crippen molar-refractivity contribution in [2.45, 2.75) is 90.4 Å². The number of hydrogen-bond donors (Lipinski definition) is 1. The van der Waals surface area contributed by atoms with E-state index in [9.17, 15) is 9.59 Å². The zero-order valence-corrected chi connectivity index (χ0v) is 20.5. The summed E-state index contributed by atoms with van der Waals surface area (Å²) in [5.74, 6) is 0.0986. The molecule has 1 aromatic heterocycles. The minimum atomic E-state index is 0.0986. The maximum atomic E-state index is 12.0. The molecule has 0 saturated carbocycles. The Hall–Kier alpha value is -2.68. The van der Waals surface area contributed by atoms with Crippen LogP contribution in [0.2, 0.25) is 0 Å².